The number of piperazine rings is 1. The Balaban J connectivity index is 1.28. The van der Waals surface area contributed by atoms with Gasteiger partial charge in [-0.15, -0.1) is 0 Å². The molecule has 2 fully saturated rings. The number of carbonyl (C=O) groups is 3. The predicted molar refractivity (Wildman–Crippen MR) is 155 cm³/mol. The summed E-state index contributed by atoms with van der Waals surface area (Å²) in [5.74, 6) is -0.555. The zero-order chi connectivity index (χ0) is 32.6. The average molecular weight is 637 g/mol. The maximum Gasteiger partial charge on any atom is 0.435 e. The van der Waals surface area contributed by atoms with E-state index in [2.05, 4.69) is 31.0 Å². The van der Waals surface area contributed by atoms with Crippen molar-refractivity contribution in [2.45, 2.75) is 44.6 Å². The molecular weight excluding hydrogens is 609 g/mol. The highest BCUT2D eigenvalue weighted by molar-refractivity contribution is 5.99. The Kier molecular flexibility index (Phi) is 8.04. The van der Waals surface area contributed by atoms with Gasteiger partial charge in [0.2, 0.25) is 5.91 Å². The smallest absolute Gasteiger partial charge is 0.426 e. The van der Waals surface area contributed by atoms with E-state index in [1.165, 1.54) is 35.1 Å². The Morgan fingerprint density at radius 3 is 2.78 bits per heavy atom. The Labute approximate surface area is 259 Å². The highest BCUT2D eigenvalue weighted by Gasteiger charge is 2.40. The Hall–Kier alpha value is -5.50. The highest BCUT2D eigenvalue weighted by atomic mass is 19.4. The number of imidazole rings is 1. The molecule has 14 nitrogen and oxygen atoms in total. The van der Waals surface area contributed by atoms with Crippen LogP contribution in [-0.2, 0) is 28.7 Å². The van der Waals surface area contributed by atoms with Crippen molar-refractivity contribution in [3.63, 3.8) is 0 Å². The van der Waals surface area contributed by atoms with E-state index in [-0.39, 0.29) is 83.7 Å². The van der Waals surface area contributed by atoms with Crippen molar-refractivity contribution in [2.75, 3.05) is 25.0 Å². The molecular formula is C29H27F3N10O4. The molecule has 3 aromatic heterocycles. The van der Waals surface area contributed by atoms with Crippen LogP contribution in [0.3, 0.4) is 0 Å². The molecule has 2 amide bonds. The molecule has 2 aliphatic rings. The van der Waals surface area contributed by atoms with Crippen molar-refractivity contribution < 1.29 is 32.3 Å². The van der Waals surface area contributed by atoms with Gasteiger partial charge in [-0.3, -0.25) is 23.5 Å². The van der Waals surface area contributed by atoms with Crippen molar-refractivity contribution in [3.8, 4) is 23.1 Å². The lowest BCUT2D eigenvalue weighted by molar-refractivity contribution is -0.141. The summed E-state index contributed by atoms with van der Waals surface area (Å²) >= 11 is 0. The van der Waals surface area contributed by atoms with E-state index in [4.69, 9.17) is 10.00 Å². The molecule has 2 unspecified atom stereocenters. The van der Waals surface area contributed by atoms with Gasteiger partial charge in [0.25, 0.3) is 12.4 Å². The van der Waals surface area contributed by atoms with E-state index in [1.807, 2.05) is 0 Å². The lowest BCUT2D eigenvalue weighted by Crippen LogP contribution is -2.49. The van der Waals surface area contributed by atoms with Crippen molar-refractivity contribution in [1.82, 2.24) is 39.7 Å². The molecule has 238 valence electrons. The first kappa shape index (κ1) is 30.5. The lowest BCUT2D eigenvalue weighted by atomic mass is 10.0. The number of amides is 2. The van der Waals surface area contributed by atoms with Gasteiger partial charge in [-0.2, -0.15) is 23.5 Å². The Bertz CT molecular complexity index is 1880. The standard InChI is InChI=1S/C29H27F3N10O4/c1-2-18-19(28(45)37-12-23(44)42-13-16-9-17(42)10-35-16)3-4-21(24(18)46-15-43)38-26-27-36-11-22(41(27)8-6-34-26)20-14-40(7-5-33)39-25(20)29(30,31)32/h3-4,6,8,11,14-17,35H,2,7,9-10,12-13H2,1H3,(H,34,38)(H,37,45). The number of carbonyl (C=O) groups excluding carboxylic acids is 3. The van der Waals surface area contributed by atoms with E-state index in [1.54, 1.807) is 17.9 Å². The van der Waals surface area contributed by atoms with Crippen molar-refractivity contribution in [1.29, 1.82) is 5.26 Å². The summed E-state index contributed by atoms with van der Waals surface area (Å²) in [6, 6.07) is 5.17. The molecule has 4 aromatic rings. The fourth-order valence-corrected chi connectivity index (χ4v) is 6.00. The van der Waals surface area contributed by atoms with Gasteiger partial charge in [0.05, 0.1) is 35.8 Å². The number of fused-ring (bicyclic) bond motifs is 3. The summed E-state index contributed by atoms with van der Waals surface area (Å²) in [4.78, 5) is 47.8. The topological polar surface area (TPSA) is 172 Å². The number of nitrogens with zero attached hydrogens (tertiary/aromatic N) is 7. The number of halogens is 3. The third kappa shape index (κ3) is 5.58. The van der Waals surface area contributed by atoms with Crippen molar-refractivity contribution in [2.24, 2.45) is 0 Å². The van der Waals surface area contributed by atoms with E-state index in [9.17, 15) is 27.6 Å². The maximum absolute atomic E-state index is 13.8. The normalized spacial score (nSPS) is 17.2. The molecule has 5 heterocycles. The quantitative estimate of drug-likeness (QED) is 0.219. The van der Waals surface area contributed by atoms with E-state index >= 15 is 0 Å². The molecule has 0 radical (unpaired) electrons. The zero-order valence-electron chi connectivity index (χ0n) is 24.3. The number of ether oxygens (including phenoxy) is 1. The Morgan fingerprint density at radius 1 is 1.28 bits per heavy atom. The molecule has 2 aliphatic heterocycles. The summed E-state index contributed by atoms with van der Waals surface area (Å²) in [6.07, 6.45) is 1.48. The summed E-state index contributed by atoms with van der Waals surface area (Å²) in [7, 11) is 0. The monoisotopic (exact) mass is 636 g/mol. The lowest BCUT2D eigenvalue weighted by Gasteiger charge is -2.27. The molecule has 17 heteroatoms. The second-order valence-electron chi connectivity index (χ2n) is 10.7. The van der Waals surface area contributed by atoms with Crippen molar-refractivity contribution in [3.05, 3.63) is 53.7 Å². The van der Waals surface area contributed by atoms with E-state index < -0.39 is 17.8 Å². The minimum atomic E-state index is -4.79. The van der Waals surface area contributed by atoms with Crippen LogP contribution in [0.4, 0.5) is 24.7 Å². The molecule has 0 spiro atoms. The highest BCUT2D eigenvalue weighted by Crippen LogP contribution is 2.38. The minimum Gasteiger partial charge on any atom is -0.426 e. The van der Waals surface area contributed by atoms with Crippen LogP contribution in [0.5, 0.6) is 5.75 Å². The van der Waals surface area contributed by atoms with Crippen LogP contribution in [0.1, 0.15) is 35.0 Å². The van der Waals surface area contributed by atoms with Crippen molar-refractivity contribution >= 4 is 35.4 Å². The van der Waals surface area contributed by atoms with Gasteiger partial charge in [-0.05, 0) is 25.0 Å². The Morgan fingerprint density at radius 2 is 2.11 bits per heavy atom. The number of anilines is 2. The minimum absolute atomic E-state index is 0.0344. The summed E-state index contributed by atoms with van der Waals surface area (Å²) in [5.41, 5.74) is -0.457. The number of alkyl halides is 3. The molecule has 2 saturated heterocycles. The van der Waals surface area contributed by atoms with Gasteiger partial charge in [0.1, 0.15) is 6.54 Å². The van der Waals surface area contributed by atoms with Crippen LogP contribution in [0.15, 0.2) is 36.9 Å². The van der Waals surface area contributed by atoms with Gasteiger partial charge >= 0.3 is 6.18 Å². The fraction of sp³-hybridized carbons (Fsp3) is 0.345. The number of likely N-dealkylation sites (tertiary alicyclic amines) is 1. The first-order chi connectivity index (χ1) is 22.1. The number of nitrogens with one attached hydrogen (secondary N) is 3. The second kappa shape index (κ2) is 12.1. The van der Waals surface area contributed by atoms with Crippen LogP contribution in [-0.4, -0.2) is 79.1 Å². The second-order valence-corrected chi connectivity index (χ2v) is 10.7. The SMILES string of the molecule is CCc1c(C(=O)NCC(=O)N2CC3CC2CN3)ccc(Nc2nccn3c(-c4cn(CC#N)nc4C(F)(F)F)cnc23)c1OC=O. The molecule has 0 saturated carbocycles. The van der Waals surface area contributed by atoms with Gasteiger partial charge in [-0.25, -0.2) is 9.97 Å². The molecule has 0 aliphatic carbocycles. The molecule has 3 N–H and O–H groups in total. The summed E-state index contributed by atoms with van der Waals surface area (Å²) < 4.78 is 49.0. The maximum atomic E-state index is 13.8. The van der Waals surface area contributed by atoms with Gasteiger partial charge in [-0.1, -0.05) is 6.92 Å². The molecule has 2 atom stereocenters. The molecule has 6 rings (SSSR count). The van der Waals surface area contributed by atoms with Crippen LogP contribution < -0.4 is 20.7 Å². The van der Waals surface area contributed by atoms with E-state index in [0.29, 0.717) is 12.1 Å². The first-order valence-electron chi connectivity index (χ1n) is 14.3. The average Bonchev–Trinajstić information content (AvgIpc) is 3.84. The van der Waals surface area contributed by atoms with Crippen LogP contribution in [0, 0.1) is 11.3 Å². The predicted octanol–water partition coefficient (Wildman–Crippen LogP) is 2.28. The van der Waals surface area contributed by atoms with Gasteiger partial charge in [0.15, 0.2) is 22.9 Å². The van der Waals surface area contributed by atoms with Gasteiger partial charge < -0.3 is 25.6 Å². The van der Waals surface area contributed by atoms with E-state index in [0.717, 1.165) is 23.8 Å². The summed E-state index contributed by atoms with van der Waals surface area (Å²) in [6.45, 7) is 2.74. The number of hydrogen-bond acceptors (Lipinski definition) is 10. The number of benzene rings is 1. The molecule has 1 aromatic carbocycles. The number of nitriles is 1. The number of rotatable bonds is 10. The van der Waals surface area contributed by atoms with Gasteiger partial charge in [0, 0.05) is 54.9 Å². The largest absolute Gasteiger partial charge is 0.435 e. The number of aromatic nitrogens is 5. The molecule has 2 bridgehead atoms. The van der Waals surface area contributed by atoms with Crippen LogP contribution >= 0.6 is 0 Å². The van der Waals surface area contributed by atoms with Crippen LogP contribution in [0.2, 0.25) is 0 Å². The first-order valence-corrected chi connectivity index (χ1v) is 14.3. The van der Waals surface area contributed by atoms with Crippen LogP contribution in [0.25, 0.3) is 16.9 Å². The zero-order valence-corrected chi connectivity index (χ0v) is 24.3. The third-order valence-corrected chi connectivity index (χ3v) is 8.02. The summed E-state index contributed by atoms with van der Waals surface area (Å²) in [5, 5.41) is 21.5. The number of hydrogen-bond donors (Lipinski definition) is 3. The molecule has 46 heavy (non-hydrogen) atoms. The third-order valence-electron chi connectivity index (χ3n) is 8.02. The fourth-order valence-electron chi connectivity index (χ4n) is 6.00.